The van der Waals surface area contributed by atoms with Gasteiger partial charge in [-0.2, -0.15) is 0 Å². The van der Waals surface area contributed by atoms with Crippen molar-refractivity contribution < 1.29 is 18.7 Å². The van der Waals surface area contributed by atoms with E-state index in [2.05, 4.69) is 5.32 Å². The fourth-order valence-electron chi connectivity index (χ4n) is 2.66. The van der Waals surface area contributed by atoms with E-state index in [-0.39, 0.29) is 23.9 Å². The van der Waals surface area contributed by atoms with Crippen LogP contribution in [-0.4, -0.2) is 24.0 Å². The van der Waals surface area contributed by atoms with Gasteiger partial charge in [0.05, 0.1) is 6.42 Å². The van der Waals surface area contributed by atoms with Gasteiger partial charge in [0, 0.05) is 6.04 Å². The molecule has 1 unspecified atom stereocenters. The largest absolute Gasteiger partial charge is 0.452 e. The number of nitrogens with one attached hydrogen (secondary N) is 1. The molecule has 1 aliphatic carbocycles. The van der Waals surface area contributed by atoms with Gasteiger partial charge >= 0.3 is 5.97 Å². The molecule has 2 rings (SSSR count). The molecule has 5 heteroatoms. The van der Waals surface area contributed by atoms with Crippen LogP contribution in [0.1, 0.15) is 44.6 Å². The third-order valence-electron chi connectivity index (χ3n) is 3.92. The summed E-state index contributed by atoms with van der Waals surface area (Å²) in [6, 6.07) is 6.22. The maximum atomic E-state index is 13.5. The Morgan fingerprint density at radius 2 is 1.95 bits per heavy atom. The molecule has 22 heavy (non-hydrogen) atoms. The lowest BCUT2D eigenvalue weighted by Gasteiger charge is -2.24. The van der Waals surface area contributed by atoms with E-state index < -0.39 is 17.9 Å². The molecule has 0 bridgehead atoms. The SMILES string of the molecule is CC(OC(=O)Cc1ccccc1F)C(=O)NC1CCCCC1. The third-order valence-corrected chi connectivity index (χ3v) is 3.92. The number of hydrogen-bond acceptors (Lipinski definition) is 3. The molecule has 1 N–H and O–H groups in total. The molecule has 0 saturated heterocycles. The van der Waals surface area contributed by atoms with E-state index >= 15 is 0 Å². The average Bonchev–Trinajstić information content (AvgIpc) is 2.50. The number of benzene rings is 1. The van der Waals surface area contributed by atoms with Crippen LogP contribution < -0.4 is 5.32 Å². The van der Waals surface area contributed by atoms with E-state index in [1.54, 1.807) is 12.1 Å². The van der Waals surface area contributed by atoms with E-state index in [4.69, 9.17) is 4.74 Å². The lowest BCUT2D eigenvalue weighted by Crippen LogP contribution is -2.43. The summed E-state index contributed by atoms with van der Waals surface area (Å²) in [7, 11) is 0. The van der Waals surface area contributed by atoms with Crippen LogP contribution in [0.2, 0.25) is 0 Å². The summed E-state index contributed by atoms with van der Waals surface area (Å²) < 4.78 is 18.6. The fraction of sp³-hybridized carbons (Fsp3) is 0.529. The first-order valence-corrected chi connectivity index (χ1v) is 7.79. The highest BCUT2D eigenvalue weighted by Gasteiger charge is 2.22. The lowest BCUT2D eigenvalue weighted by atomic mass is 9.95. The standard InChI is InChI=1S/C17H22FNO3/c1-12(17(21)19-14-8-3-2-4-9-14)22-16(20)11-13-7-5-6-10-15(13)18/h5-7,10,12,14H,2-4,8-9,11H2,1H3,(H,19,21). The Balaban J connectivity index is 1.80. The number of rotatable bonds is 5. The topological polar surface area (TPSA) is 55.4 Å². The van der Waals surface area contributed by atoms with Gasteiger partial charge in [-0.15, -0.1) is 0 Å². The minimum Gasteiger partial charge on any atom is -0.452 e. The van der Waals surface area contributed by atoms with E-state index in [0.29, 0.717) is 0 Å². The van der Waals surface area contributed by atoms with Gasteiger partial charge in [-0.25, -0.2) is 4.39 Å². The summed E-state index contributed by atoms with van der Waals surface area (Å²) >= 11 is 0. The normalized spacial score (nSPS) is 16.8. The van der Waals surface area contributed by atoms with Crippen molar-refractivity contribution >= 4 is 11.9 Å². The van der Waals surface area contributed by atoms with Gasteiger partial charge in [0.2, 0.25) is 0 Å². The van der Waals surface area contributed by atoms with E-state index in [1.807, 2.05) is 0 Å². The molecule has 1 amide bonds. The van der Waals surface area contributed by atoms with Crippen molar-refractivity contribution in [1.82, 2.24) is 5.32 Å². The molecule has 1 atom stereocenters. The zero-order chi connectivity index (χ0) is 15.9. The van der Waals surface area contributed by atoms with Crippen molar-refractivity contribution in [1.29, 1.82) is 0 Å². The number of hydrogen-bond donors (Lipinski definition) is 1. The molecule has 0 aromatic heterocycles. The zero-order valence-corrected chi connectivity index (χ0v) is 12.8. The fourth-order valence-corrected chi connectivity index (χ4v) is 2.66. The second-order valence-electron chi connectivity index (χ2n) is 5.74. The molecule has 1 fully saturated rings. The molecule has 0 spiro atoms. The monoisotopic (exact) mass is 307 g/mol. The molecule has 4 nitrogen and oxygen atoms in total. The Morgan fingerprint density at radius 1 is 1.27 bits per heavy atom. The van der Waals surface area contributed by atoms with Crippen LogP contribution in [-0.2, 0) is 20.7 Å². The lowest BCUT2D eigenvalue weighted by molar-refractivity contribution is -0.154. The van der Waals surface area contributed by atoms with Crippen LogP contribution in [0.15, 0.2) is 24.3 Å². The minimum atomic E-state index is -0.860. The molecular formula is C17H22FNO3. The smallest absolute Gasteiger partial charge is 0.311 e. The average molecular weight is 307 g/mol. The Hall–Kier alpha value is -1.91. The molecule has 1 aromatic carbocycles. The zero-order valence-electron chi connectivity index (χ0n) is 12.8. The number of esters is 1. The van der Waals surface area contributed by atoms with Crippen LogP contribution in [0.4, 0.5) is 4.39 Å². The molecule has 0 heterocycles. The molecule has 120 valence electrons. The molecule has 0 radical (unpaired) electrons. The molecular weight excluding hydrogens is 285 g/mol. The van der Waals surface area contributed by atoms with Crippen LogP contribution in [0, 0.1) is 5.82 Å². The number of carbonyl (C=O) groups excluding carboxylic acids is 2. The molecule has 0 aliphatic heterocycles. The summed E-state index contributed by atoms with van der Waals surface area (Å²) in [4.78, 5) is 23.8. The number of amides is 1. The van der Waals surface area contributed by atoms with Gasteiger partial charge in [-0.05, 0) is 31.4 Å². The van der Waals surface area contributed by atoms with Crippen LogP contribution in [0.3, 0.4) is 0 Å². The molecule has 1 aliphatic rings. The minimum absolute atomic E-state index is 0.173. The number of ether oxygens (including phenoxy) is 1. The van der Waals surface area contributed by atoms with Gasteiger partial charge in [0.15, 0.2) is 6.10 Å². The summed E-state index contributed by atoms with van der Waals surface area (Å²) in [5, 5.41) is 2.91. The first kappa shape index (κ1) is 16.5. The maximum Gasteiger partial charge on any atom is 0.311 e. The number of carbonyl (C=O) groups is 2. The highest BCUT2D eigenvalue weighted by atomic mass is 19.1. The highest BCUT2D eigenvalue weighted by Crippen LogP contribution is 2.17. The summed E-state index contributed by atoms with van der Waals surface area (Å²) in [6.45, 7) is 1.54. The van der Waals surface area contributed by atoms with Gasteiger partial charge in [-0.3, -0.25) is 9.59 Å². The van der Waals surface area contributed by atoms with Crippen molar-refractivity contribution in [2.45, 2.75) is 57.6 Å². The first-order valence-electron chi connectivity index (χ1n) is 7.79. The van der Waals surface area contributed by atoms with Gasteiger partial charge in [0.25, 0.3) is 5.91 Å². The van der Waals surface area contributed by atoms with Crippen molar-refractivity contribution in [3.63, 3.8) is 0 Å². The predicted molar refractivity (Wildman–Crippen MR) is 80.7 cm³/mol. The Morgan fingerprint density at radius 3 is 2.64 bits per heavy atom. The van der Waals surface area contributed by atoms with Gasteiger partial charge < -0.3 is 10.1 Å². The maximum absolute atomic E-state index is 13.5. The predicted octanol–water partition coefficient (Wildman–Crippen LogP) is 2.75. The van der Waals surface area contributed by atoms with Crippen molar-refractivity contribution in [2.24, 2.45) is 0 Å². The second-order valence-corrected chi connectivity index (χ2v) is 5.74. The number of halogens is 1. The first-order chi connectivity index (χ1) is 10.6. The Bertz CT molecular complexity index is 526. The highest BCUT2D eigenvalue weighted by molar-refractivity contribution is 5.84. The van der Waals surface area contributed by atoms with E-state index in [1.165, 1.54) is 25.5 Å². The van der Waals surface area contributed by atoms with Crippen LogP contribution >= 0.6 is 0 Å². The van der Waals surface area contributed by atoms with Gasteiger partial charge in [0.1, 0.15) is 5.82 Å². The summed E-state index contributed by atoms with van der Waals surface area (Å²) in [6.07, 6.45) is 4.36. The summed E-state index contributed by atoms with van der Waals surface area (Å²) in [5.41, 5.74) is 0.271. The quantitative estimate of drug-likeness (QED) is 0.851. The Kier molecular flexibility index (Phi) is 5.92. The van der Waals surface area contributed by atoms with E-state index in [0.717, 1.165) is 25.7 Å². The second kappa shape index (κ2) is 7.92. The van der Waals surface area contributed by atoms with Gasteiger partial charge in [-0.1, -0.05) is 37.5 Å². The Labute approximate surface area is 130 Å². The molecule has 1 aromatic rings. The van der Waals surface area contributed by atoms with Crippen LogP contribution in [0.25, 0.3) is 0 Å². The van der Waals surface area contributed by atoms with Crippen molar-refractivity contribution in [3.8, 4) is 0 Å². The third kappa shape index (κ3) is 4.83. The van der Waals surface area contributed by atoms with Crippen molar-refractivity contribution in [3.05, 3.63) is 35.6 Å². The van der Waals surface area contributed by atoms with Crippen molar-refractivity contribution in [2.75, 3.05) is 0 Å². The molecule has 1 saturated carbocycles. The van der Waals surface area contributed by atoms with E-state index in [9.17, 15) is 14.0 Å². The van der Waals surface area contributed by atoms with Crippen LogP contribution in [0.5, 0.6) is 0 Å². The summed E-state index contributed by atoms with van der Waals surface area (Å²) in [5.74, 6) is -1.33.